The SMILES string of the molecule is O.O.[NaH].[NaH].[NaH].[NaH].[NaH].[NaH].[NaH].[NaH].[NaH].[NaH].[NaH].[NaH].[NaH].[NaH].[NaH].[NaH].[NaH].[NaH].[NaH].[NaH].[NaH].[NaH].[NaH].[NaH]. The molecule has 0 atom stereocenters. The van der Waals surface area contributed by atoms with Crippen LogP contribution in [0.2, 0.25) is 0 Å². The molecule has 0 aliphatic carbocycles. The molecule has 0 rings (SSSR count). The third-order valence-electron chi connectivity index (χ3n) is 0. The molecule has 0 aliphatic heterocycles. The van der Waals surface area contributed by atoms with Gasteiger partial charge in [0.05, 0.1) is 0 Å². The van der Waals surface area contributed by atoms with Crippen LogP contribution < -0.4 is 0 Å². The van der Waals surface area contributed by atoms with E-state index in [1.54, 1.807) is 0 Å². The molecule has 0 aliphatic rings. The van der Waals surface area contributed by atoms with Crippen LogP contribution in [-0.2, 0) is 0 Å². The summed E-state index contributed by atoms with van der Waals surface area (Å²) in [5, 5.41) is 0. The van der Waals surface area contributed by atoms with Gasteiger partial charge in [-0.15, -0.1) is 0 Å². The first-order valence-corrected chi connectivity index (χ1v) is 0. The van der Waals surface area contributed by atoms with E-state index in [2.05, 4.69) is 0 Å². The fourth-order valence-corrected chi connectivity index (χ4v) is 0. The van der Waals surface area contributed by atoms with Gasteiger partial charge < -0.3 is 11.0 Å². The van der Waals surface area contributed by atoms with Gasteiger partial charge in [-0.05, 0) is 0 Å². The third-order valence-corrected chi connectivity index (χ3v) is 0. The molecule has 0 amide bonds. The summed E-state index contributed by atoms with van der Waals surface area (Å²) in [6, 6.07) is 0. The van der Waals surface area contributed by atoms with Gasteiger partial charge in [0.15, 0.2) is 0 Å². The Bertz CT molecular complexity index is 10.2. The second kappa shape index (κ2) is 196. The fraction of sp³-hybridized carbons (Fsp3) is 0. The van der Waals surface area contributed by atoms with Crippen LogP contribution in [0.1, 0.15) is 0 Å². The summed E-state index contributed by atoms with van der Waals surface area (Å²) in [6.07, 6.45) is 0. The van der Waals surface area contributed by atoms with Crippen LogP contribution in [0.25, 0.3) is 0 Å². The fourth-order valence-electron chi connectivity index (χ4n) is 0. The van der Waals surface area contributed by atoms with E-state index in [1.807, 2.05) is 0 Å². The minimum atomic E-state index is 0. The van der Waals surface area contributed by atoms with E-state index in [4.69, 9.17) is 0 Å². The summed E-state index contributed by atoms with van der Waals surface area (Å²) < 4.78 is 0. The molecule has 2 nitrogen and oxygen atoms in total. The first-order valence-electron chi connectivity index (χ1n) is 0. The van der Waals surface area contributed by atoms with Gasteiger partial charge in [-0.3, -0.25) is 0 Å². The molecular formula is H28Na24O2. The molecule has 0 unspecified atom stereocenters. The maximum atomic E-state index is 0. The molecule has 0 saturated heterocycles. The predicted molar refractivity (Wildman–Crippen MR) is 179 cm³/mol. The van der Waals surface area contributed by atoms with Gasteiger partial charge >= 0.3 is 709 Å². The Labute approximate surface area is 694 Å². The van der Waals surface area contributed by atoms with Crippen LogP contribution in [0.15, 0.2) is 0 Å². The van der Waals surface area contributed by atoms with Crippen molar-refractivity contribution in [2.75, 3.05) is 0 Å². The quantitative estimate of drug-likeness (QED) is 0.245. The molecule has 26 heteroatoms. The number of rotatable bonds is 0. The van der Waals surface area contributed by atoms with Gasteiger partial charge in [0.1, 0.15) is 0 Å². The van der Waals surface area contributed by atoms with Gasteiger partial charge in [0.2, 0.25) is 0 Å². The minimum absolute atomic E-state index is 0. The Morgan fingerprint density at radius 2 is 0.0769 bits per heavy atom. The van der Waals surface area contributed by atoms with Crippen LogP contribution in [-0.4, -0.2) is 720 Å². The molecule has 0 aromatic heterocycles. The van der Waals surface area contributed by atoms with Crippen LogP contribution >= 0.6 is 0 Å². The zero-order valence-corrected chi connectivity index (χ0v) is 1.00. The Morgan fingerprint density at radius 1 is 0.0769 bits per heavy atom. The first-order chi connectivity index (χ1) is 0. The van der Waals surface area contributed by atoms with E-state index in [0.29, 0.717) is 0 Å². The van der Waals surface area contributed by atoms with Crippen LogP contribution in [0.5, 0.6) is 0 Å². The summed E-state index contributed by atoms with van der Waals surface area (Å²) in [6.45, 7) is 0. The van der Waals surface area contributed by atoms with Crippen molar-refractivity contribution >= 4 is 709 Å². The molecule has 0 heterocycles. The van der Waals surface area contributed by atoms with Crippen molar-refractivity contribution in [1.82, 2.24) is 0 Å². The first kappa shape index (κ1) is 209. The van der Waals surface area contributed by atoms with E-state index in [0.717, 1.165) is 0 Å². The zero-order valence-electron chi connectivity index (χ0n) is 1.00. The molecule has 4 N–H and O–H groups in total. The summed E-state index contributed by atoms with van der Waals surface area (Å²) in [5.41, 5.74) is 0. The van der Waals surface area contributed by atoms with Crippen molar-refractivity contribution in [3.05, 3.63) is 0 Å². The molecule has 26 heavy (non-hydrogen) atoms. The Balaban J connectivity index is 0. The molecule has 0 spiro atoms. The van der Waals surface area contributed by atoms with Gasteiger partial charge in [0.25, 0.3) is 0 Å². The average molecular weight is 612 g/mol. The van der Waals surface area contributed by atoms with Crippen molar-refractivity contribution < 1.29 is 11.0 Å². The van der Waals surface area contributed by atoms with E-state index in [9.17, 15) is 0 Å². The molecule has 0 bridgehead atoms. The van der Waals surface area contributed by atoms with Crippen molar-refractivity contribution in [1.29, 1.82) is 0 Å². The molecular weight excluding hydrogens is 584 g/mol. The third kappa shape index (κ3) is 184. The van der Waals surface area contributed by atoms with E-state index in [1.165, 1.54) is 0 Å². The Kier molecular flexibility index (Phi) is 1580. The van der Waals surface area contributed by atoms with Gasteiger partial charge in [-0.2, -0.15) is 0 Å². The molecule has 0 radical (unpaired) electrons. The second-order valence-corrected chi connectivity index (χ2v) is 0. The van der Waals surface area contributed by atoms with Gasteiger partial charge in [-0.1, -0.05) is 0 Å². The summed E-state index contributed by atoms with van der Waals surface area (Å²) in [7, 11) is 0. The van der Waals surface area contributed by atoms with Crippen LogP contribution in [0.4, 0.5) is 0 Å². The van der Waals surface area contributed by atoms with Crippen molar-refractivity contribution in [2.24, 2.45) is 0 Å². The number of hydrogen-bond acceptors (Lipinski definition) is 0. The number of hydrogen-bond donors (Lipinski definition) is 0. The van der Waals surface area contributed by atoms with Crippen molar-refractivity contribution in [3.63, 3.8) is 0 Å². The topological polar surface area (TPSA) is 63.0 Å². The van der Waals surface area contributed by atoms with Gasteiger partial charge in [0, 0.05) is 0 Å². The standard InChI is InChI=1S/24Na.2H2O.24H/h;;;;;;;;;;;;;;;;;;;;;;;;2*1H2;;;;;;;;;;;;;;;;;;;;;;;;. The molecule has 0 aromatic carbocycles. The zero-order chi connectivity index (χ0) is 0. The van der Waals surface area contributed by atoms with E-state index in [-0.39, 0.29) is 720 Å². The molecule has 0 fully saturated rings. The predicted octanol–water partition coefficient (Wildman–Crippen LogP) is -17.2. The molecule has 0 aromatic rings. The summed E-state index contributed by atoms with van der Waals surface area (Å²) in [4.78, 5) is 0. The maximum absolute atomic E-state index is 0. The van der Waals surface area contributed by atoms with Crippen LogP contribution in [0, 0.1) is 0 Å². The van der Waals surface area contributed by atoms with Crippen LogP contribution in [0.3, 0.4) is 0 Å². The monoisotopic (exact) mass is 612 g/mol. The average Bonchev–Trinajstić information content (AvgIpc) is 0. The Morgan fingerprint density at radius 3 is 0.0769 bits per heavy atom. The van der Waals surface area contributed by atoms with Gasteiger partial charge in [-0.25, -0.2) is 0 Å². The molecule has 64 valence electrons. The van der Waals surface area contributed by atoms with E-state index >= 15 is 0 Å². The summed E-state index contributed by atoms with van der Waals surface area (Å²) >= 11 is 0. The summed E-state index contributed by atoms with van der Waals surface area (Å²) in [5.74, 6) is 0. The normalized spacial score (nSPS) is 0. The molecule has 0 saturated carbocycles. The second-order valence-electron chi connectivity index (χ2n) is 0. The van der Waals surface area contributed by atoms with Crippen molar-refractivity contribution in [2.45, 2.75) is 0 Å². The van der Waals surface area contributed by atoms with Crippen molar-refractivity contribution in [3.8, 4) is 0 Å². The Hall–Kier alpha value is 23.9. The van der Waals surface area contributed by atoms with E-state index < -0.39 is 0 Å².